The molecule has 21 heavy (non-hydrogen) atoms. The van der Waals surface area contributed by atoms with Gasteiger partial charge in [0.05, 0.1) is 0 Å². The zero-order chi connectivity index (χ0) is 15.4. The quantitative estimate of drug-likeness (QED) is 0.885. The predicted octanol–water partition coefficient (Wildman–Crippen LogP) is 2.42. The van der Waals surface area contributed by atoms with Gasteiger partial charge in [0, 0.05) is 18.3 Å². The highest BCUT2D eigenvalue weighted by atomic mass is 19.1. The summed E-state index contributed by atoms with van der Waals surface area (Å²) in [5, 5.41) is 11.7. The van der Waals surface area contributed by atoms with Crippen molar-refractivity contribution in [3.8, 4) is 0 Å². The number of benzene rings is 1. The Morgan fingerprint density at radius 2 is 1.86 bits per heavy atom. The van der Waals surface area contributed by atoms with E-state index in [1.165, 1.54) is 18.2 Å². The van der Waals surface area contributed by atoms with Gasteiger partial charge in [-0.1, -0.05) is 0 Å². The van der Waals surface area contributed by atoms with Crippen LogP contribution in [0.2, 0.25) is 0 Å². The molecule has 2 rings (SSSR count). The van der Waals surface area contributed by atoms with E-state index in [1.54, 1.807) is 6.92 Å². The molecule has 0 saturated carbocycles. The van der Waals surface area contributed by atoms with Crippen molar-refractivity contribution in [2.24, 2.45) is 0 Å². The molecule has 1 aromatic heterocycles. The van der Waals surface area contributed by atoms with Crippen LogP contribution in [0.1, 0.15) is 21.7 Å². The number of carboxylic acid groups (broad SMARTS) is 1. The predicted molar refractivity (Wildman–Crippen MR) is 72.3 cm³/mol. The first kappa shape index (κ1) is 14.8. The maximum Gasteiger partial charge on any atom is 0.354 e. The van der Waals surface area contributed by atoms with Crippen LogP contribution in [-0.2, 0) is 6.42 Å². The fourth-order valence-corrected chi connectivity index (χ4v) is 1.83. The first-order valence-corrected chi connectivity index (χ1v) is 6.22. The Hall–Kier alpha value is -2.57. The first-order valence-electron chi connectivity index (χ1n) is 6.22. The zero-order valence-electron chi connectivity index (χ0n) is 11.2. The van der Waals surface area contributed by atoms with Crippen molar-refractivity contribution in [1.29, 1.82) is 0 Å². The number of aromatic carboxylic acids is 1. The molecule has 7 heteroatoms. The molecule has 0 aliphatic rings. The number of carboxylic acids is 1. The molecule has 0 unspecified atom stereocenters. The zero-order valence-corrected chi connectivity index (χ0v) is 11.2. The Bertz CT molecular complexity index is 657. The molecule has 2 N–H and O–H groups in total. The number of aromatic nitrogens is 2. The van der Waals surface area contributed by atoms with Gasteiger partial charge in [-0.25, -0.2) is 23.5 Å². The topological polar surface area (TPSA) is 75.1 Å². The number of nitrogens with one attached hydrogen (secondary N) is 1. The van der Waals surface area contributed by atoms with Crippen molar-refractivity contribution in [3.63, 3.8) is 0 Å². The van der Waals surface area contributed by atoms with Gasteiger partial charge in [-0.15, -0.1) is 0 Å². The summed E-state index contributed by atoms with van der Waals surface area (Å²) in [5.74, 6) is -2.24. The average Bonchev–Trinajstić information content (AvgIpc) is 2.36. The van der Waals surface area contributed by atoms with E-state index in [-0.39, 0.29) is 11.6 Å². The summed E-state index contributed by atoms with van der Waals surface area (Å²) in [7, 11) is 0. The smallest absolute Gasteiger partial charge is 0.354 e. The summed E-state index contributed by atoms with van der Waals surface area (Å²) >= 11 is 0. The van der Waals surface area contributed by atoms with Crippen LogP contribution in [-0.4, -0.2) is 27.6 Å². The fourth-order valence-electron chi connectivity index (χ4n) is 1.83. The van der Waals surface area contributed by atoms with Gasteiger partial charge in [-0.2, -0.15) is 0 Å². The number of aryl methyl sites for hydroxylation is 1. The molecule has 0 atom stereocenters. The minimum atomic E-state index is -1.14. The molecule has 0 bridgehead atoms. The molecule has 0 aliphatic heterocycles. The minimum Gasteiger partial charge on any atom is -0.477 e. The summed E-state index contributed by atoms with van der Waals surface area (Å²) in [6.07, 6.45) is 0.356. The van der Waals surface area contributed by atoms with Crippen molar-refractivity contribution in [2.75, 3.05) is 11.9 Å². The number of anilines is 1. The number of hydrogen-bond acceptors (Lipinski definition) is 4. The van der Waals surface area contributed by atoms with E-state index in [2.05, 4.69) is 15.3 Å². The Labute approximate surface area is 119 Å². The second-order valence-electron chi connectivity index (χ2n) is 4.48. The third-order valence-corrected chi connectivity index (χ3v) is 2.69. The SMILES string of the molecule is Cc1cc(C(=O)O)nc(NCCc2cc(F)cc(F)c2)n1. The maximum atomic E-state index is 13.0. The molecule has 0 spiro atoms. The van der Waals surface area contributed by atoms with Gasteiger partial charge in [0.15, 0.2) is 5.69 Å². The highest BCUT2D eigenvalue weighted by Gasteiger charge is 2.08. The third kappa shape index (κ3) is 4.20. The van der Waals surface area contributed by atoms with Crippen LogP contribution in [0, 0.1) is 18.6 Å². The van der Waals surface area contributed by atoms with Crippen LogP contribution in [0.3, 0.4) is 0 Å². The van der Waals surface area contributed by atoms with Gasteiger partial charge in [0.1, 0.15) is 11.6 Å². The molecule has 0 radical (unpaired) electrons. The number of hydrogen-bond donors (Lipinski definition) is 2. The summed E-state index contributed by atoms with van der Waals surface area (Å²) in [6, 6.07) is 4.64. The Balaban J connectivity index is 2.01. The molecule has 0 fully saturated rings. The lowest BCUT2D eigenvalue weighted by Crippen LogP contribution is -2.11. The van der Waals surface area contributed by atoms with Gasteiger partial charge in [-0.05, 0) is 37.1 Å². The molecular formula is C14H13F2N3O2. The Morgan fingerprint density at radius 1 is 1.19 bits per heavy atom. The molecule has 0 aliphatic carbocycles. The van der Waals surface area contributed by atoms with E-state index in [0.717, 1.165) is 6.07 Å². The van der Waals surface area contributed by atoms with Crippen LogP contribution in [0.25, 0.3) is 0 Å². The normalized spacial score (nSPS) is 10.4. The monoisotopic (exact) mass is 293 g/mol. The molecular weight excluding hydrogens is 280 g/mol. The Morgan fingerprint density at radius 3 is 2.48 bits per heavy atom. The number of carbonyl (C=O) groups is 1. The van der Waals surface area contributed by atoms with E-state index >= 15 is 0 Å². The van der Waals surface area contributed by atoms with Crippen molar-refractivity contribution in [2.45, 2.75) is 13.3 Å². The highest BCUT2D eigenvalue weighted by molar-refractivity contribution is 5.85. The van der Waals surface area contributed by atoms with Crippen LogP contribution in [0.4, 0.5) is 14.7 Å². The molecule has 1 aromatic carbocycles. The number of halogens is 2. The van der Waals surface area contributed by atoms with E-state index in [0.29, 0.717) is 24.2 Å². The van der Waals surface area contributed by atoms with Crippen LogP contribution in [0.5, 0.6) is 0 Å². The van der Waals surface area contributed by atoms with Crippen molar-refractivity contribution < 1.29 is 18.7 Å². The standard InChI is InChI=1S/C14H13F2N3O2/c1-8-4-12(13(20)21)19-14(18-8)17-3-2-9-5-10(15)7-11(16)6-9/h4-7H,2-3H2,1H3,(H,20,21)(H,17,18,19). The van der Waals surface area contributed by atoms with Gasteiger partial charge in [0.25, 0.3) is 0 Å². The van der Waals surface area contributed by atoms with Gasteiger partial charge < -0.3 is 10.4 Å². The average molecular weight is 293 g/mol. The third-order valence-electron chi connectivity index (χ3n) is 2.69. The lowest BCUT2D eigenvalue weighted by molar-refractivity contribution is 0.0690. The molecule has 0 amide bonds. The van der Waals surface area contributed by atoms with Crippen LogP contribution in [0.15, 0.2) is 24.3 Å². The summed E-state index contributed by atoms with van der Waals surface area (Å²) in [6.45, 7) is 1.98. The largest absolute Gasteiger partial charge is 0.477 e. The van der Waals surface area contributed by atoms with Gasteiger partial charge in [-0.3, -0.25) is 0 Å². The minimum absolute atomic E-state index is 0.109. The van der Waals surface area contributed by atoms with E-state index < -0.39 is 17.6 Å². The van der Waals surface area contributed by atoms with Crippen molar-refractivity contribution in [3.05, 3.63) is 52.9 Å². The fraction of sp³-hybridized carbons (Fsp3) is 0.214. The maximum absolute atomic E-state index is 13.0. The number of nitrogens with zero attached hydrogens (tertiary/aromatic N) is 2. The van der Waals surface area contributed by atoms with E-state index in [1.807, 2.05) is 0 Å². The van der Waals surface area contributed by atoms with Crippen molar-refractivity contribution >= 4 is 11.9 Å². The molecule has 5 nitrogen and oxygen atoms in total. The summed E-state index contributed by atoms with van der Waals surface area (Å²) in [4.78, 5) is 18.8. The van der Waals surface area contributed by atoms with Gasteiger partial charge in [0.2, 0.25) is 5.95 Å². The number of rotatable bonds is 5. The summed E-state index contributed by atoms with van der Waals surface area (Å²) in [5.41, 5.74) is 0.898. The molecule has 2 aromatic rings. The lowest BCUT2D eigenvalue weighted by atomic mass is 10.1. The van der Waals surface area contributed by atoms with Crippen LogP contribution >= 0.6 is 0 Å². The van der Waals surface area contributed by atoms with Crippen molar-refractivity contribution in [1.82, 2.24) is 9.97 Å². The highest BCUT2D eigenvalue weighted by Crippen LogP contribution is 2.09. The second kappa shape index (κ2) is 6.25. The second-order valence-corrected chi connectivity index (χ2v) is 4.48. The van der Waals surface area contributed by atoms with Gasteiger partial charge >= 0.3 is 5.97 Å². The molecule has 0 saturated heterocycles. The van der Waals surface area contributed by atoms with E-state index in [4.69, 9.17) is 5.11 Å². The lowest BCUT2D eigenvalue weighted by Gasteiger charge is -2.07. The first-order chi connectivity index (χ1) is 9.94. The Kier molecular flexibility index (Phi) is 4.42. The molecule has 110 valence electrons. The van der Waals surface area contributed by atoms with E-state index in [9.17, 15) is 13.6 Å². The molecule has 1 heterocycles. The summed E-state index contributed by atoms with van der Waals surface area (Å²) < 4.78 is 26.0. The van der Waals surface area contributed by atoms with Crippen LogP contribution < -0.4 is 5.32 Å².